The van der Waals surface area contributed by atoms with Gasteiger partial charge in [-0.1, -0.05) is 11.2 Å². The number of nitrogens with zero attached hydrogens (tertiary/aromatic N) is 4. The minimum Gasteiger partial charge on any atom is -0.361 e. The van der Waals surface area contributed by atoms with E-state index in [9.17, 15) is 4.39 Å². The summed E-state index contributed by atoms with van der Waals surface area (Å²) in [6.45, 7) is 7.45. The van der Waals surface area contributed by atoms with Crippen molar-refractivity contribution in [3.63, 3.8) is 0 Å². The molecular formula is C19H21FN4O. The van der Waals surface area contributed by atoms with E-state index < -0.39 is 0 Å². The summed E-state index contributed by atoms with van der Waals surface area (Å²) in [6, 6.07) is 8.96. The van der Waals surface area contributed by atoms with Gasteiger partial charge >= 0.3 is 0 Å². The predicted molar refractivity (Wildman–Crippen MR) is 93.5 cm³/mol. The number of benzene rings is 1. The first-order valence-electron chi connectivity index (χ1n) is 8.58. The van der Waals surface area contributed by atoms with Crippen LogP contribution in [0.25, 0.3) is 10.9 Å². The summed E-state index contributed by atoms with van der Waals surface area (Å²) in [4.78, 5) is 9.16. The van der Waals surface area contributed by atoms with Gasteiger partial charge in [0.05, 0.1) is 11.2 Å². The van der Waals surface area contributed by atoms with Crippen LogP contribution in [0, 0.1) is 12.7 Å². The quantitative estimate of drug-likeness (QED) is 0.731. The number of pyridine rings is 1. The Bertz CT molecular complexity index is 871. The lowest BCUT2D eigenvalue weighted by Crippen LogP contribution is -2.45. The largest absolute Gasteiger partial charge is 0.361 e. The van der Waals surface area contributed by atoms with Crippen molar-refractivity contribution in [2.24, 2.45) is 0 Å². The fourth-order valence-electron chi connectivity index (χ4n) is 3.39. The molecule has 0 N–H and O–H groups in total. The van der Waals surface area contributed by atoms with Gasteiger partial charge < -0.3 is 4.52 Å². The van der Waals surface area contributed by atoms with E-state index in [0.717, 1.165) is 61.8 Å². The first-order chi connectivity index (χ1) is 12.2. The first kappa shape index (κ1) is 16.2. The van der Waals surface area contributed by atoms with E-state index in [1.165, 1.54) is 0 Å². The fourth-order valence-corrected chi connectivity index (χ4v) is 3.39. The predicted octanol–water partition coefficient (Wildman–Crippen LogP) is 2.99. The maximum absolute atomic E-state index is 13.9. The molecule has 0 amide bonds. The second kappa shape index (κ2) is 6.90. The standard InChI is InChI=1S/C19H21FN4O/c1-14-11-16(22-25-14)13-24-9-7-23(8-10-24)12-15-4-5-18(20)17-3-2-6-21-19(15)17/h2-6,11H,7-10,12-13H2,1H3. The molecule has 0 atom stereocenters. The molecule has 0 bridgehead atoms. The lowest BCUT2D eigenvalue weighted by Gasteiger charge is -2.34. The van der Waals surface area contributed by atoms with E-state index >= 15 is 0 Å². The number of hydrogen-bond donors (Lipinski definition) is 0. The number of halogens is 1. The minimum atomic E-state index is -0.209. The second-order valence-corrected chi connectivity index (χ2v) is 6.59. The van der Waals surface area contributed by atoms with Crippen LogP contribution in [0.1, 0.15) is 17.0 Å². The van der Waals surface area contributed by atoms with Crippen LogP contribution in [0.3, 0.4) is 0 Å². The van der Waals surface area contributed by atoms with Crippen LogP contribution < -0.4 is 0 Å². The van der Waals surface area contributed by atoms with Gasteiger partial charge in [0.1, 0.15) is 11.6 Å². The van der Waals surface area contributed by atoms with Crippen molar-refractivity contribution < 1.29 is 8.91 Å². The molecule has 0 spiro atoms. The maximum Gasteiger partial charge on any atom is 0.133 e. The van der Waals surface area contributed by atoms with Gasteiger partial charge in [-0.3, -0.25) is 14.8 Å². The third-order valence-electron chi connectivity index (χ3n) is 4.72. The summed E-state index contributed by atoms with van der Waals surface area (Å²) in [5.41, 5.74) is 2.83. The Balaban J connectivity index is 1.40. The van der Waals surface area contributed by atoms with Crippen molar-refractivity contribution in [2.45, 2.75) is 20.0 Å². The van der Waals surface area contributed by atoms with E-state index in [2.05, 4.69) is 19.9 Å². The Morgan fingerprint density at radius 2 is 1.84 bits per heavy atom. The molecule has 6 heteroatoms. The number of rotatable bonds is 4. The molecule has 5 nitrogen and oxygen atoms in total. The van der Waals surface area contributed by atoms with Crippen molar-refractivity contribution >= 4 is 10.9 Å². The maximum atomic E-state index is 13.9. The molecule has 1 aliphatic rings. The van der Waals surface area contributed by atoms with Crippen LogP contribution in [-0.2, 0) is 13.1 Å². The summed E-state index contributed by atoms with van der Waals surface area (Å²) in [6.07, 6.45) is 1.73. The van der Waals surface area contributed by atoms with Gasteiger partial charge in [-0.15, -0.1) is 0 Å². The lowest BCUT2D eigenvalue weighted by atomic mass is 10.1. The summed E-state index contributed by atoms with van der Waals surface area (Å²) < 4.78 is 19.1. The molecular weight excluding hydrogens is 319 g/mol. The Morgan fingerprint density at radius 1 is 1.08 bits per heavy atom. The summed E-state index contributed by atoms with van der Waals surface area (Å²) in [5, 5.41) is 4.66. The molecule has 1 saturated heterocycles. The highest BCUT2D eigenvalue weighted by Gasteiger charge is 2.19. The monoisotopic (exact) mass is 340 g/mol. The van der Waals surface area contributed by atoms with Gasteiger partial charge in [0.25, 0.3) is 0 Å². The molecule has 1 aliphatic heterocycles. The van der Waals surface area contributed by atoms with Crippen LogP contribution in [-0.4, -0.2) is 46.1 Å². The normalized spacial score (nSPS) is 16.6. The zero-order valence-electron chi connectivity index (χ0n) is 14.3. The third kappa shape index (κ3) is 3.55. The van der Waals surface area contributed by atoms with E-state index in [-0.39, 0.29) is 5.82 Å². The van der Waals surface area contributed by atoms with Crippen molar-refractivity contribution in [2.75, 3.05) is 26.2 Å². The molecule has 0 aliphatic carbocycles. The average molecular weight is 340 g/mol. The summed E-state index contributed by atoms with van der Waals surface area (Å²) >= 11 is 0. The summed E-state index contributed by atoms with van der Waals surface area (Å²) in [5.74, 6) is 0.642. The number of aryl methyl sites for hydroxylation is 1. The zero-order valence-corrected chi connectivity index (χ0v) is 14.3. The molecule has 130 valence electrons. The third-order valence-corrected chi connectivity index (χ3v) is 4.72. The SMILES string of the molecule is Cc1cc(CN2CCN(Cc3ccc(F)c4cccnc34)CC2)no1. The van der Waals surface area contributed by atoms with Gasteiger partial charge in [-0.2, -0.15) is 0 Å². The topological polar surface area (TPSA) is 45.4 Å². The molecule has 3 aromatic rings. The highest BCUT2D eigenvalue weighted by molar-refractivity contribution is 5.82. The molecule has 0 unspecified atom stereocenters. The molecule has 25 heavy (non-hydrogen) atoms. The molecule has 0 radical (unpaired) electrons. The van der Waals surface area contributed by atoms with E-state index in [0.29, 0.717) is 5.39 Å². The Hall–Kier alpha value is -2.31. The molecule has 2 aromatic heterocycles. The van der Waals surface area contributed by atoms with Crippen molar-refractivity contribution in [1.82, 2.24) is 19.9 Å². The van der Waals surface area contributed by atoms with Gasteiger partial charge in [-0.05, 0) is 30.7 Å². The van der Waals surface area contributed by atoms with E-state index in [4.69, 9.17) is 4.52 Å². The van der Waals surface area contributed by atoms with Gasteiger partial charge in [-0.25, -0.2) is 4.39 Å². The number of fused-ring (bicyclic) bond motifs is 1. The van der Waals surface area contributed by atoms with Crippen molar-refractivity contribution in [1.29, 1.82) is 0 Å². The Kier molecular flexibility index (Phi) is 4.46. The zero-order chi connectivity index (χ0) is 17.2. The highest BCUT2D eigenvalue weighted by atomic mass is 19.1. The Morgan fingerprint density at radius 3 is 2.56 bits per heavy atom. The van der Waals surface area contributed by atoms with E-state index in [1.54, 1.807) is 24.4 Å². The van der Waals surface area contributed by atoms with Crippen molar-refractivity contribution in [3.8, 4) is 0 Å². The van der Waals surface area contributed by atoms with Crippen molar-refractivity contribution in [3.05, 3.63) is 59.4 Å². The van der Waals surface area contributed by atoms with Crippen LogP contribution in [0.5, 0.6) is 0 Å². The second-order valence-electron chi connectivity index (χ2n) is 6.59. The fraction of sp³-hybridized carbons (Fsp3) is 0.368. The van der Waals surface area contributed by atoms with Gasteiger partial charge in [0.15, 0.2) is 0 Å². The number of hydrogen-bond acceptors (Lipinski definition) is 5. The molecule has 4 rings (SSSR count). The van der Waals surface area contributed by atoms with E-state index in [1.807, 2.05) is 19.1 Å². The number of piperazine rings is 1. The molecule has 1 aromatic carbocycles. The summed E-state index contributed by atoms with van der Waals surface area (Å²) in [7, 11) is 0. The molecule has 0 saturated carbocycles. The molecule has 3 heterocycles. The minimum absolute atomic E-state index is 0.209. The average Bonchev–Trinajstić information content (AvgIpc) is 3.04. The smallest absolute Gasteiger partial charge is 0.133 e. The van der Waals surface area contributed by atoms with Crippen LogP contribution in [0.2, 0.25) is 0 Å². The van der Waals surface area contributed by atoms with Crippen LogP contribution >= 0.6 is 0 Å². The van der Waals surface area contributed by atoms with Gasteiger partial charge in [0.2, 0.25) is 0 Å². The van der Waals surface area contributed by atoms with Crippen LogP contribution in [0.4, 0.5) is 4.39 Å². The highest BCUT2D eigenvalue weighted by Crippen LogP contribution is 2.21. The lowest BCUT2D eigenvalue weighted by molar-refractivity contribution is 0.120. The van der Waals surface area contributed by atoms with Crippen LogP contribution in [0.15, 0.2) is 41.1 Å². The Labute approximate surface area is 146 Å². The first-order valence-corrected chi connectivity index (χ1v) is 8.58. The van der Waals surface area contributed by atoms with Gasteiger partial charge in [0, 0.05) is 56.9 Å². The molecule has 1 fully saturated rings. The number of aromatic nitrogens is 2.